The molecule has 3 rings (SSSR count). The number of benzene rings is 3. The van der Waals surface area contributed by atoms with Gasteiger partial charge >= 0.3 is 0 Å². The number of hydrogen-bond acceptors (Lipinski definition) is 3. The molecule has 5 nitrogen and oxygen atoms in total. The number of rotatable bonds is 6. The van der Waals surface area contributed by atoms with E-state index in [1.807, 2.05) is 6.07 Å². The second kappa shape index (κ2) is 9.32. The molecule has 0 heterocycles. The van der Waals surface area contributed by atoms with Crippen LogP contribution in [0.2, 0.25) is 0 Å². The molecule has 0 aliphatic rings. The Bertz CT molecular complexity index is 1050. The number of nitrogens with one attached hydrogen (secondary N) is 2. The first-order valence-electron chi connectivity index (χ1n) is 8.98. The molecule has 0 radical (unpaired) electrons. The minimum absolute atomic E-state index is 0.0622. The van der Waals surface area contributed by atoms with Crippen LogP contribution in [0.15, 0.2) is 84.6 Å². The molecule has 0 saturated heterocycles. The molecular formula is C23H20FN3O2. The van der Waals surface area contributed by atoms with Gasteiger partial charge in [0.15, 0.2) is 0 Å². The van der Waals surface area contributed by atoms with E-state index in [0.717, 1.165) is 5.56 Å². The van der Waals surface area contributed by atoms with Gasteiger partial charge in [0.2, 0.25) is 0 Å². The third-order valence-electron chi connectivity index (χ3n) is 4.14. The van der Waals surface area contributed by atoms with E-state index in [0.29, 0.717) is 11.3 Å². The number of anilines is 1. The van der Waals surface area contributed by atoms with Crippen LogP contribution >= 0.6 is 0 Å². The molecule has 0 unspecified atom stereocenters. The van der Waals surface area contributed by atoms with Crippen molar-refractivity contribution < 1.29 is 14.0 Å². The Balaban J connectivity index is 1.82. The number of carbonyl (C=O) groups excluding carboxylic acids is 2. The smallest absolute Gasteiger partial charge is 0.268 e. The van der Waals surface area contributed by atoms with Crippen LogP contribution < -0.4 is 16.4 Å². The molecule has 2 amide bonds. The number of nitrogen functional groups attached to an aromatic ring is 1. The lowest BCUT2D eigenvalue weighted by Gasteiger charge is -2.12. The van der Waals surface area contributed by atoms with Gasteiger partial charge in [-0.15, -0.1) is 0 Å². The van der Waals surface area contributed by atoms with E-state index < -0.39 is 17.6 Å². The van der Waals surface area contributed by atoms with Crippen molar-refractivity contribution in [1.29, 1.82) is 0 Å². The summed E-state index contributed by atoms with van der Waals surface area (Å²) in [5.74, 6) is -1.50. The van der Waals surface area contributed by atoms with E-state index in [1.165, 1.54) is 18.2 Å². The zero-order chi connectivity index (χ0) is 20.6. The molecule has 0 aliphatic heterocycles. The van der Waals surface area contributed by atoms with Gasteiger partial charge < -0.3 is 16.4 Å². The van der Waals surface area contributed by atoms with Crippen molar-refractivity contribution in [2.45, 2.75) is 6.54 Å². The molecule has 146 valence electrons. The molecule has 0 aromatic heterocycles. The summed E-state index contributed by atoms with van der Waals surface area (Å²) in [6.07, 6.45) is 1.31. The Hall–Kier alpha value is -3.93. The van der Waals surface area contributed by atoms with Crippen LogP contribution in [-0.4, -0.2) is 11.8 Å². The summed E-state index contributed by atoms with van der Waals surface area (Å²) in [6, 6.07) is 21.6. The molecule has 0 bridgehead atoms. The SMILES string of the molecule is Nc1cccc(CNC(=O)C(=Cc2ccccc2F)NC(=O)c2ccccc2)c1. The number of hydrogen-bond donors (Lipinski definition) is 3. The highest BCUT2D eigenvalue weighted by Crippen LogP contribution is 2.12. The van der Waals surface area contributed by atoms with Gasteiger partial charge in [0.05, 0.1) is 0 Å². The van der Waals surface area contributed by atoms with Gasteiger partial charge in [-0.2, -0.15) is 0 Å². The second-order valence-corrected chi connectivity index (χ2v) is 6.33. The standard InChI is InChI=1S/C23H20FN3O2/c24-20-12-5-4-10-18(20)14-21(27-22(28)17-8-2-1-3-9-17)23(29)26-15-16-7-6-11-19(25)13-16/h1-14H,15,25H2,(H,26,29)(H,27,28). The second-order valence-electron chi connectivity index (χ2n) is 6.33. The largest absolute Gasteiger partial charge is 0.399 e. The first-order chi connectivity index (χ1) is 14.0. The Kier molecular flexibility index (Phi) is 6.37. The van der Waals surface area contributed by atoms with E-state index in [1.54, 1.807) is 60.7 Å². The van der Waals surface area contributed by atoms with E-state index in [2.05, 4.69) is 10.6 Å². The summed E-state index contributed by atoms with van der Waals surface area (Å²) >= 11 is 0. The Morgan fingerprint density at radius 2 is 1.66 bits per heavy atom. The van der Waals surface area contributed by atoms with Crippen molar-refractivity contribution in [2.75, 3.05) is 5.73 Å². The molecule has 0 saturated carbocycles. The van der Waals surface area contributed by atoms with Crippen molar-refractivity contribution in [3.05, 3.63) is 107 Å². The third-order valence-corrected chi connectivity index (χ3v) is 4.14. The van der Waals surface area contributed by atoms with Crippen LogP contribution in [0.3, 0.4) is 0 Å². The maximum atomic E-state index is 14.1. The lowest BCUT2D eigenvalue weighted by molar-refractivity contribution is -0.117. The van der Waals surface area contributed by atoms with Crippen LogP contribution in [0, 0.1) is 5.82 Å². The Morgan fingerprint density at radius 3 is 2.38 bits per heavy atom. The maximum absolute atomic E-state index is 14.1. The van der Waals surface area contributed by atoms with Gasteiger partial charge in [0.25, 0.3) is 11.8 Å². The van der Waals surface area contributed by atoms with E-state index in [9.17, 15) is 14.0 Å². The number of amides is 2. The molecule has 0 aliphatic carbocycles. The summed E-state index contributed by atoms with van der Waals surface area (Å²) in [5, 5.41) is 5.30. The predicted molar refractivity (Wildman–Crippen MR) is 111 cm³/mol. The van der Waals surface area contributed by atoms with Crippen molar-refractivity contribution in [3.8, 4) is 0 Å². The minimum Gasteiger partial charge on any atom is -0.399 e. The van der Waals surface area contributed by atoms with E-state index in [4.69, 9.17) is 5.73 Å². The monoisotopic (exact) mass is 389 g/mol. The van der Waals surface area contributed by atoms with Gasteiger partial charge in [-0.1, -0.05) is 48.5 Å². The van der Waals surface area contributed by atoms with Crippen LogP contribution in [0.1, 0.15) is 21.5 Å². The van der Waals surface area contributed by atoms with Gasteiger partial charge in [-0.3, -0.25) is 9.59 Å². The minimum atomic E-state index is -0.542. The van der Waals surface area contributed by atoms with Crippen LogP contribution in [0.25, 0.3) is 6.08 Å². The highest BCUT2D eigenvalue weighted by Gasteiger charge is 2.15. The molecule has 0 fully saturated rings. The first-order valence-corrected chi connectivity index (χ1v) is 8.98. The van der Waals surface area contributed by atoms with Crippen LogP contribution in [0.5, 0.6) is 0 Å². The van der Waals surface area contributed by atoms with Crippen molar-refractivity contribution in [2.24, 2.45) is 0 Å². The predicted octanol–water partition coefficient (Wildman–Crippen LogP) is 3.50. The quantitative estimate of drug-likeness (QED) is 0.446. The number of nitrogens with two attached hydrogens (primary N) is 1. The molecule has 0 atom stereocenters. The molecule has 3 aromatic rings. The van der Waals surface area contributed by atoms with E-state index >= 15 is 0 Å². The lowest BCUT2D eigenvalue weighted by atomic mass is 10.1. The molecular weight excluding hydrogens is 369 g/mol. The highest BCUT2D eigenvalue weighted by atomic mass is 19.1. The first kappa shape index (κ1) is 19.8. The van der Waals surface area contributed by atoms with Crippen molar-refractivity contribution in [3.63, 3.8) is 0 Å². The highest BCUT2D eigenvalue weighted by molar-refractivity contribution is 6.05. The molecule has 0 spiro atoms. The summed E-state index contributed by atoms with van der Waals surface area (Å²) in [6.45, 7) is 0.208. The summed E-state index contributed by atoms with van der Waals surface area (Å²) in [4.78, 5) is 25.2. The van der Waals surface area contributed by atoms with Gasteiger partial charge in [-0.05, 0) is 42.0 Å². The fourth-order valence-electron chi connectivity index (χ4n) is 2.67. The number of carbonyl (C=O) groups is 2. The van der Waals surface area contributed by atoms with Crippen molar-refractivity contribution in [1.82, 2.24) is 10.6 Å². The lowest BCUT2D eigenvalue weighted by Crippen LogP contribution is -2.34. The average molecular weight is 389 g/mol. The maximum Gasteiger partial charge on any atom is 0.268 e. The Labute approximate surface area is 168 Å². The van der Waals surface area contributed by atoms with Crippen LogP contribution in [-0.2, 0) is 11.3 Å². The zero-order valence-corrected chi connectivity index (χ0v) is 15.6. The van der Waals surface area contributed by atoms with E-state index in [-0.39, 0.29) is 17.8 Å². The summed E-state index contributed by atoms with van der Waals surface area (Å²) in [5.41, 5.74) is 7.65. The Morgan fingerprint density at radius 1 is 0.931 bits per heavy atom. The normalized spacial score (nSPS) is 11.0. The summed E-state index contributed by atoms with van der Waals surface area (Å²) in [7, 11) is 0. The molecule has 6 heteroatoms. The van der Waals surface area contributed by atoms with Gasteiger partial charge in [-0.25, -0.2) is 4.39 Å². The fraction of sp³-hybridized carbons (Fsp3) is 0.0435. The topological polar surface area (TPSA) is 84.2 Å². The molecule has 3 aromatic carbocycles. The average Bonchev–Trinajstić information content (AvgIpc) is 2.73. The molecule has 4 N–H and O–H groups in total. The summed E-state index contributed by atoms with van der Waals surface area (Å²) < 4.78 is 14.1. The van der Waals surface area contributed by atoms with Gasteiger partial charge in [0.1, 0.15) is 11.5 Å². The van der Waals surface area contributed by atoms with Gasteiger partial charge in [0, 0.05) is 23.4 Å². The fourth-order valence-corrected chi connectivity index (χ4v) is 2.67. The third kappa shape index (κ3) is 5.52. The zero-order valence-electron chi connectivity index (χ0n) is 15.6. The molecule has 29 heavy (non-hydrogen) atoms. The van der Waals surface area contributed by atoms with Crippen molar-refractivity contribution >= 4 is 23.6 Å². The number of halogens is 1. The van der Waals surface area contributed by atoms with Crippen LogP contribution in [0.4, 0.5) is 10.1 Å².